The van der Waals surface area contributed by atoms with Crippen LogP contribution in [0.15, 0.2) is 29.3 Å². The van der Waals surface area contributed by atoms with Crippen molar-refractivity contribution in [3.63, 3.8) is 0 Å². The van der Waals surface area contributed by atoms with Gasteiger partial charge in [-0.15, -0.1) is 0 Å². The summed E-state index contributed by atoms with van der Waals surface area (Å²) < 4.78 is 10.5. The van der Waals surface area contributed by atoms with E-state index in [0.717, 1.165) is 56.4 Å². The van der Waals surface area contributed by atoms with Crippen molar-refractivity contribution in [2.75, 3.05) is 40.0 Å². The van der Waals surface area contributed by atoms with Gasteiger partial charge in [-0.2, -0.15) is 0 Å². The van der Waals surface area contributed by atoms with Gasteiger partial charge >= 0.3 is 0 Å². The first-order valence-corrected chi connectivity index (χ1v) is 9.03. The fraction of sp³-hybridized carbons (Fsp3) is 0.632. The summed E-state index contributed by atoms with van der Waals surface area (Å²) in [5.74, 6) is 2.02. The van der Waals surface area contributed by atoms with Crippen LogP contribution in [0.25, 0.3) is 0 Å². The predicted octanol–water partition coefficient (Wildman–Crippen LogP) is 2.18. The zero-order valence-electron chi connectivity index (χ0n) is 15.8. The van der Waals surface area contributed by atoms with Crippen LogP contribution in [0.2, 0.25) is 0 Å². The predicted molar refractivity (Wildman–Crippen MR) is 102 cm³/mol. The molecule has 0 bridgehead atoms. The van der Waals surface area contributed by atoms with Crippen LogP contribution in [-0.2, 0) is 11.3 Å². The molecule has 1 atom stereocenters. The first-order valence-electron chi connectivity index (χ1n) is 9.03. The molecule has 6 nitrogen and oxygen atoms in total. The molecule has 0 aliphatic heterocycles. The Labute approximate surface area is 151 Å². The van der Waals surface area contributed by atoms with Gasteiger partial charge in [0.2, 0.25) is 0 Å². The van der Waals surface area contributed by atoms with Crippen LogP contribution in [0.5, 0.6) is 5.75 Å². The molecular formula is C19H33N3O3. The normalized spacial score (nSPS) is 12.7. The Bertz CT molecular complexity index is 477. The molecule has 0 aliphatic carbocycles. The van der Waals surface area contributed by atoms with Crippen LogP contribution in [0.3, 0.4) is 0 Å². The highest BCUT2D eigenvalue weighted by molar-refractivity contribution is 5.79. The molecule has 0 heterocycles. The molecule has 25 heavy (non-hydrogen) atoms. The van der Waals surface area contributed by atoms with E-state index in [1.807, 2.05) is 31.2 Å². The first kappa shape index (κ1) is 21.3. The Morgan fingerprint density at radius 3 is 2.64 bits per heavy atom. The van der Waals surface area contributed by atoms with E-state index in [0.29, 0.717) is 12.5 Å². The number of aliphatic hydroxyl groups is 1. The second-order valence-electron chi connectivity index (χ2n) is 5.99. The molecule has 0 spiro atoms. The van der Waals surface area contributed by atoms with Gasteiger partial charge in [0.05, 0.1) is 13.7 Å². The van der Waals surface area contributed by atoms with Crippen LogP contribution in [0.1, 0.15) is 32.3 Å². The third-order valence-electron chi connectivity index (χ3n) is 3.78. The molecule has 0 saturated heterocycles. The van der Waals surface area contributed by atoms with Gasteiger partial charge < -0.3 is 25.2 Å². The van der Waals surface area contributed by atoms with Crippen LogP contribution in [0.4, 0.5) is 0 Å². The Morgan fingerprint density at radius 2 is 2.00 bits per heavy atom. The quantitative estimate of drug-likeness (QED) is 0.306. The number of nitrogens with zero attached hydrogens (tertiary/aromatic N) is 1. The number of ether oxygens (including phenoxy) is 2. The summed E-state index contributed by atoms with van der Waals surface area (Å²) in [6.07, 6.45) is 1.71. The Kier molecular flexibility index (Phi) is 11.5. The topological polar surface area (TPSA) is 75.1 Å². The molecule has 1 aromatic carbocycles. The fourth-order valence-corrected chi connectivity index (χ4v) is 2.19. The highest BCUT2D eigenvalue weighted by Crippen LogP contribution is 2.11. The molecule has 0 saturated carbocycles. The molecule has 3 N–H and O–H groups in total. The van der Waals surface area contributed by atoms with E-state index in [1.54, 1.807) is 7.11 Å². The van der Waals surface area contributed by atoms with E-state index < -0.39 is 0 Å². The van der Waals surface area contributed by atoms with E-state index in [1.165, 1.54) is 0 Å². The van der Waals surface area contributed by atoms with E-state index in [-0.39, 0.29) is 6.61 Å². The third kappa shape index (κ3) is 9.94. The van der Waals surface area contributed by atoms with Crippen LogP contribution in [-0.4, -0.2) is 51.1 Å². The molecule has 142 valence electrons. The lowest BCUT2D eigenvalue weighted by atomic mass is 10.1. The van der Waals surface area contributed by atoms with E-state index >= 15 is 0 Å². The monoisotopic (exact) mass is 351 g/mol. The molecule has 0 fully saturated rings. The number of aliphatic hydroxyl groups excluding tert-OH is 1. The lowest BCUT2D eigenvalue weighted by Gasteiger charge is -2.16. The summed E-state index contributed by atoms with van der Waals surface area (Å²) >= 11 is 0. The molecule has 0 aromatic heterocycles. The number of guanidine groups is 1. The Balaban J connectivity index is 2.53. The number of rotatable bonds is 12. The molecular weight excluding hydrogens is 318 g/mol. The molecule has 6 heteroatoms. The van der Waals surface area contributed by atoms with Crippen molar-refractivity contribution in [3.05, 3.63) is 29.8 Å². The Hall–Kier alpha value is -1.79. The maximum absolute atomic E-state index is 9.02. The number of aliphatic imine (C=N–C) groups is 1. The molecule has 1 unspecified atom stereocenters. The molecule has 0 amide bonds. The number of methoxy groups -OCH3 is 1. The lowest BCUT2D eigenvalue weighted by molar-refractivity contribution is 0.145. The van der Waals surface area contributed by atoms with Gasteiger partial charge in [0.1, 0.15) is 5.75 Å². The van der Waals surface area contributed by atoms with Crippen molar-refractivity contribution >= 4 is 5.96 Å². The van der Waals surface area contributed by atoms with Crippen molar-refractivity contribution < 1.29 is 14.6 Å². The van der Waals surface area contributed by atoms with E-state index in [2.05, 4.69) is 22.5 Å². The average molecular weight is 351 g/mol. The van der Waals surface area contributed by atoms with Gasteiger partial charge in [0.15, 0.2) is 5.96 Å². The SMILES string of the molecule is CCOCCCNC(=NCc1ccc(OC)cc1)NCC(C)CCO. The molecule has 0 radical (unpaired) electrons. The summed E-state index contributed by atoms with van der Waals surface area (Å²) in [7, 11) is 1.66. The second kappa shape index (κ2) is 13.5. The Morgan fingerprint density at radius 1 is 1.24 bits per heavy atom. The maximum Gasteiger partial charge on any atom is 0.191 e. The molecule has 0 aliphatic rings. The standard InChI is InChI=1S/C19H33N3O3/c1-4-25-13-5-11-20-19(21-14-16(2)10-12-23)22-15-17-6-8-18(24-3)9-7-17/h6-9,16,23H,4-5,10-15H2,1-3H3,(H2,20,21,22). The lowest BCUT2D eigenvalue weighted by Crippen LogP contribution is -2.40. The van der Waals surface area contributed by atoms with Gasteiger partial charge in [-0.25, -0.2) is 4.99 Å². The van der Waals surface area contributed by atoms with E-state index in [4.69, 9.17) is 14.6 Å². The average Bonchev–Trinajstić information content (AvgIpc) is 2.63. The van der Waals surface area contributed by atoms with Gasteiger partial charge in [0, 0.05) is 32.9 Å². The van der Waals surface area contributed by atoms with Gasteiger partial charge in [-0.05, 0) is 43.4 Å². The minimum Gasteiger partial charge on any atom is -0.497 e. The van der Waals surface area contributed by atoms with Crippen molar-refractivity contribution in [3.8, 4) is 5.75 Å². The third-order valence-corrected chi connectivity index (χ3v) is 3.78. The summed E-state index contributed by atoms with van der Waals surface area (Å²) in [5.41, 5.74) is 1.12. The number of nitrogens with one attached hydrogen (secondary N) is 2. The van der Waals surface area contributed by atoms with Crippen LogP contribution in [0, 0.1) is 5.92 Å². The summed E-state index contributed by atoms with van der Waals surface area (Å²) in [6.45, 7) is 8.00. The summed E-state index contributed by atoms with van der Waals surface area (Å²) in [5, 5.41) is 15.7. The fourth-order valence-electron chi connectivity index (χ4n) is 2.19. The number of benzene rings is 1. The van der Waals surface area contributed by atoms with Crippen LogP contribution < -0.4 is 15.4 Å². The summed E-state index contributed by atoms with van der Waals surface area (Å²) in [4.78, 5) is 4.65. The van der Waals surface area contributed by atoms with E-state index in [9.17, 15) is 0 Å². The van der Waals surface area contributed by atoms with Crippen molar-refractivity contribution in [2.24, 2.45) is 10.9 Å². The number of hydrogen-bond acceptors (Lipinski definition) is 4. The highest BCUT2D eigenvalue weighted by atomic mass is 16.5. The van der Waals surface area contributed by atoms with Crippen molar-refractivity contribution in [1.29, 1.82) is 0 Å². The molecule has 1 aromatic rings. The van der Waals surface area contributed by atoms with Crippen LogP contribution >= 0.6 is 0 Å². The van der Waals surface area contributed by atoms with Crippen molar-refractivity contribution in [2.45, 2.75) is 33.2 Å². The second-order valence-corrected chi connectivity index (χ2v) is 5.99. The molecule has 1 rings (SSSR count). The smallest absolute Gasteiger partial charge is 0.191 e. The van der Waals surface area contributed by atoms with Gasteiger partial charge in [-0.1, -0.05) is 19.1 Å². The van der Waals surface area contributed by atoms with Crippen molar-refractivity contribution in [1.82, 2.24) is 10.6 Å². The largest absolute Gasteiger partial charge is 0.497 e. The zero-order chi connectivity index (χ0) is 18.3. The zero-order valence-corrected chi connectivity index (χ0v) is 15.8. The van der Waals surface area contributed by atoms with Gasteiger partial charge in [0.25, 0.3) is 0 Å². The van der Waals surface area contributed by atoms with Gasteiger partial charge in [-0.3, -0.25) is 0 Å². The minimum absolute atomic E-state index is 0.211. The first-order chi connectivity index (χ1) is 12.2. The highest BCUT2D eigenvalue weighted by Gasteiger charge is 2.04. The summed E-state index contributed by atoms with van der Waals surface area (Å²) in [6, 6.07) is 7.92. The minimum atomic E-state index is 0.211. The maximum atomic E-state index is 9.02. The number of hydrogen-bond donors (Lipinski definition) is 3.